The average Bonchev–Trinajstić information content (AvgIpc) is 2.12. The topological polar surface area (TPSA) is 12.0 Å². The highest BCUT2D eigenvalue weighted by molar-refractivity contribution is 4.82. The van der Waals surface area contributed by atoms with Crippen molar-refractivity contribution in [1.29, 1.82) is 0 Å². The summed E-state index contributed by atoms with van der Waals surface area (Å²) >= 11 is 0. The molecule has 1 saturated heterocycles. The summed E-state index contributed by atoms with van der Waals surface area (Å²) < 4.78 is 0. The molecule has 2 rings (SSSR count). The van der Waals surface area contributed by atoms with Crippen LogP contribution in [-0.4, -0.2) is 13.1 Å². The molecular formula is C12H23N. The molecule has 2 fully saturated rings. The molecule has 0 bridgehead atoms. The maximum atomic E-state index is 3.51. The first-order valence-electron chi connectivity index (χ1n) is 6.09. The van der Waals surface area contributed by atoms with Gasteiger partial charge in [0, 0.05) is 0 Å². The monoisotopic (exact) mass is 181 g/mol. The van der Waals surface area contributed by atoms with Crippen LogP contribution >= 0.6 is 0 Å². The van der Waals surface area contributed by atoms with Crippen LogP contribution in [0.4, 0.5) is 0 Å². The Labute approximate surface area is 82.3 Å². The molecule has 0 aromatic rings. The van der Waals surface area contributed by atoms with Crippen molar-refractivity contribution in [3.05, 3.63) is 0 Å². The van der Waals surface area contributed by atoms with Crippen molar-refractivity contribution in [1.82, 2.24) is 5.32 Å². The van der Waals surface area contributed by atoms with Crippen LogP contribution in [0, 0.1) is 17.8 Å². The third kappa shape index (κ3) is 2.46. The smallest absolute Gasteiger partial charge is 0.00204 e. The van der Waals surface area contributed by atoms with E-state index >= 15 is 0 Å². The Morgan fingerprint density at radius 1 is 1.15 bits per heavy atom. The third-order valence-corrected chi connectivity index (χ3v) is 3.98. The fourth-order valence-corrected chi connectivity index (χ4v) is 3.00. The van der Waals surface area contributed by atoms with Crippen molar-refractivity contribution in [2.75, 3.05) is 13.1 Å². The van der Waals surface area contributed by atoms with Crippen LogP contribution in [0.15, 0.2) is 0 Å². The maximum absolute atomic E-state index is 3.51. The second-order valence-corrected chi connectivity index (χ2v) is 5.06. The molecule has 0 aromatic carbocycles. The number of hydrogen-bond acceptors (Lipinski definition) is 1. The van der Waals surface area contributed by atoms with Gasteiger partial charge in [0.25, 0.3) is 0 Å². The molecule has 1 heterocycles. The zero-order valence-electron chi connectivity index (χ0n) is 8.89. The molecule has 1 saturated carbocycles. The molecule has 0 radical (unpaired) electrons. The fourth-order valence-electron chi connectivity index (χ4n) is 3.00. The summed E-state index contributed by atoms with van der Waals surface area (Å²) in [6, 6.07) is 0. The Morgan fingerprint density at radius 3 is 2.62 bits per heavy atom. The van der Waals surface area contributed by atoms with Crippen LogP contribution in [-0.2, 0) is 0 Å². The van der Waals surface area contributed by atoms with Crippen molar-refractivity contribution in [3.63, 3.8) is 0 Å². The lowest BCUT2D eigenvalue weighted by molar-refractivity contribution is 0.145. The molecule has 1 atom stereocenters. The Hall–Kier alpha value is -0.0400. The number of piperidine rings is 1. The Balaban J connectivity index is 1.62. The van der Waals surface area contributed by atoms with E-state index in [-0.39, 0.29) is 0 Å². The lowest BCUT2D eigenvalue weighted by Crippen LogP contribution is -2.33. The minimum Gasteiger partial charge on any atom is -0.316 e. The van der Waals surface area contributed by atoms with E-state index in [4.69, 9.17) is 0 Å². The van der Waals surface area contributed by atoms with E-state index in [1.165, 1.54) is 51.6 Å². The maximum Gasteiger partial charge on any atom is -0.00204 e. The molecule has 1 heteroatoms. The van der Waals surface area contributed by atoms with Gasteiger partial charge in [-0.1, -0.05) is 13.3 Å². The van der Waals surface area contributed by atoms with E-state index in [1.54, 1.807) is 0 Å². The quantitative estimate of drug-likeness (QED) is 0.706. The van der Waals surface area contributed by atoms with Gasteiger partial charge < -0.3 is 5.32 Å². The summed E-state index contributed by atoms with van der Waals surface area (Å²) in [5.41, 5.74) is 0. The van der Waals surface area contributed by atoms with E-state index in [9.17, 15) is 0 Å². The van der Waals surface area contributed by atoms with Gasteiger partial charge in [0.15, 0.2) is 0 Å². The molecule has 0 spiro atoms. The largest absolute Gasteiger partial charge is 0.316 e. The summed E-state index contributed by atoms with van der Waals surface area (Å²) in [5, 5.41) is 3.51. The number of rotatable bonds is 3. The highest BCUT2D eigenvalue weighted by Gasteiger charge is 2.29. The molecule has 0 amide bonds. The molecule has 1 nitrogen and oxygen atoms in total. The van der Waals surface area contributed by atoms with Crippen molar-refractivity contribution >= 4 is 0 Å². The average molecular weight is 181 g/mol. The Bertz CT molecular complexity index is 143. The van der Waals surface area contributed by atoms with Crippen LogP contribution in [0.2, 0.25) is 0 Å². The molecule has 1 unspecified atom stereocenters. The Kier molecular flexibility index (Phi) is 3.26. The molecule has 76 valence electrons. The second kappa shape index (κ2) is 4.45. The minimum atomic E-state index is 1.01. The molecule has 2 aliphatic rings. The van der Waals surface area contributed by atoms with E-state index < -0.39 is 0 Å². The van der Waals surface area contributed by atoms with Crippen LogP contribution in [0.1, 0.15) is 45.4 Å². The molecular weight excluding hydrogens is 158 g/mol. The molecule has 13 heavy (non-hydrogen) atoms. The lowest BCUT2D eigenvalue weighted by Gasteiger charge is -2.38. The summed E-state index contributed by atoms with van der Waals surface area (Å²) in [7, 11) is 0. The van der Waals surface area contributed by atoms with E-state index in [0.29, 0.717) is 0 Å². The van der Waals surface area contributed by atoms with Crippen molar-refractivity contribution in [2.24, 2.45) is 17.8 Å². The van der Waals surface area contributed by atoms with Crippen LogP contribution < -0.4 is 5.32 Å². The van der Waals surface area contributed by atoms with E-state index in [1.807, 2.05) is 0 Å². The van der Waals surface area contributed by atoms with Crippen LogP contribution in [0.25, 0.3) is 0 Å². The molecule has 1 N–H and O–H groups in total. The highest BCUT2D eigenvalue weighted by Crippen LogP contribution is 2.40. The predicted molar refractivity (Wildman–Crippen MR) is 56.7 cm³/mol. The van der Waals surface area contributed by atoms with Crippen molar-refractivity contribution in [3.8, 4) is 0 Å². The SMILES string of the molecule is CCC1CC(CC2CCCNC2)C1. The minimum absolute atomic E-state index is 1.01. The van der Waals surface area contributed by atoms with E-state index in [0.717, 1.165) is 17.8 Å². The lowest BCUT2D eigenvalue weighted by atomic mass is 9.69. The van der Waals surface area contributed by atoms with Gasteiger partial charge in [-0.25, -0.2) is 0 Å². The van der Waals surface area contributed by atoms with Gasteiger partial charge in [-0.3, -0.25) is 0 Å². The number of hydrogen-bond donors (Lipinski definition) is 1. The van der Waals surface area contributed by atoms with Crippen molar-refractivity contribution in [2.45, 2.75) is 45.4 Å². The Morgan fingerprint density at radius 2 is 2.00 bits per heavy atom. The second-order valence-electron chi connectivity index (χ2n) is 5.06. The third-order valence-electron chi connectivity index (χ3n) is 3.98. The van der Waals surface area contributed by atoms with Crippen LogP contribution in [0.3, 0.4) is 0 Å². The van der Waals surface area contributed by atoms with Gasteiger partial charge in [-0.15, -0.1) is 0 Å². The fraction of sp³-hybridized carbons (Fsp3) is 1.00. The van der Waals surface area contributed by atoms with E-state index in [2.05, 4.69) is 12.2 Å². The zero-order valence-corrected chi connectivity index (χ0v) is 8.89. The van der Waals surface area contributed by atoms with Gasteiger partial charge >= 0.3 is 0 Å². The molecule has 0 aromatic heterocycles. The first-order valence-corrected chi connectivity index (χ1v) is 6.09. The number of nitrogens with one attached hydrogen (secondary N) is 1. The zero-order chi connectivity index (χ0) is 9.10. The van der Waals surface area contributed by atoms with Gasteiger partial charge in [0.05, 0.1) is 0 Å². The normalized spacial score (nSPS) is 39.9. The predicted octanol–water partition coefficient (Wildman–Crippen LogP) is 2.81. The molecule has 1 aliphatic heterocycles. The van der Waals surface area contributed by atoms with Crippen molar-refractivity contribution < 1.29 is 0 Å². The molecule has 1 aliphatic carbocycles. The first kappa shape index (κ1) is 9.51. The van der Waals surface area contributed by atoms with Crippen LogP contribution in [0.5, 0.6) is 0 Å². The van der Waals surface area contributed by atoms with Gasteiger partial charge in [-0.05, 0) is 62.9 Å². The summed E-state index contributed by atoms with van der Waals surface area (Å²) in [4.78, 5) is 0. The van der Waals surface area contributed by atoms with Gasteiger partial charge in [-0.2, -0.15) is 0 Å². The first-order chi connectivity index (χ1) is 6.38. The summed E-state index contributed by atoms with van der Waals surface area (Å²) in [5.74, 6) is 3.19. The van der Waals surface area contributed by atoms with Gasteiger partial charge in [0.2, 0.25) is 0 Å². The summed E-state index contributed by atoms with van der Waals surface area (Å²) in [6.07, 6.45) is 8.90. The summed E-state index contributed by atoms with van der Waals surface area (Å²) in [6.45, 7) is 4.90. The standard InChI is InChI=1S/C12H23N/c1-2-10-6-12(7-10)8-11-4-3-5-13-9-11/h10-13H,2-9H2,1H3. The highest BCUT2D eigenvalue weighted by atomic mass is 14.9. The van der Waals surface area contributed by atoms with Gasteiger partial charge in [0.1, 0.15) is 0 Å².